The van der Waals surface area contributed by atoms with Crippen LogP contribution in [0.25, 0.3) is 0 Å². The predicted octanol–water partition coefficient (Wildman–Crippen LogP) is 3.51. The summed E-state index contributed by atoms with van der Waals surface area (Å²) in [6.45, 7) is 3.21. The number of nitro benzene ring substituents is 1. The second-order valence-electron chi connectivity index (χ2n) is 5.15. The van der Waals surface area contributed by atoms with Crippen LogP contribution in [0.4, 0.5) is 11.4 Å². The van der Waals surface area contributed by atoms with Gasteiger partial charge in [-0.15, -0.1) is 0 Å². The SMILES string of the molecule is Cc1cc([N+](=O)[O-])ccc1N=Cc1ccc(O[C@@H](C)C(=O)O)cc1. The van der Waals surface area contributed by atoms with Gasteiger partial charge in [-0.1, -0.05) is 0 Å². The number of benzene rings is 2. The van der Waals surface area contributed by atoms with Gasteiger partial charge in [0, 0.05) is 18.3 Å². The Bertz CT molecular complexity index is 784. The molecule has 0 heterocycles. The normalized spacial score (nSPS) is 12.1. The summed E-state index contributed by atoms with van der Waals surface area (Å²) in [5.41, 5.74) is 2.17. The van der Waals surface area contributed by atoms with Crippen molar-refractivity contribution in [1.29, 1.82) is 0 Å². The van der Waals surface area contributed by atoms with E-state index >= 15 is 0 Å². The third-order valence-corrected chi connectivity index (χ3v) is 3.28. The molecule has 0 aliphatic heterocycles. The number of rotatable bonds is 6. The van der Waals surface area contributed by atoms with Crippen molar-refractivity contribution in [3.8, 4) is 5.75 Å². The number of non-ortho nitro benzene ring substituents is 1. The summed E-state index contributed by atoms with van der Waals surface area (Å²) in [6, 6.07) is 11.3. The maximum atomic E-state index is 10.7. The lowest BCUT2D eigenvalue weighted by molar-refractivity contribution is -0.384. The van der Waals surface area contributed by atoms with Crippen molar-refractivity contribution in [3.63, 3.8) is 0 Å². The van der Waals surface area contributed by atoms with Crippen molar-refractivity contribution < 1.29 is 19.6 Å². The van der Waals surface area contributed by atoms with Gasteiger partial charge in [0.15, 0.2) is 6.10 Å². The van der Waals surface area contributed by atoms with Gasteiger partial charge in [0.05, 0.1) is 10.6 Å². The fourth-order valence-electron chi connectivity index (χ4n) is 1.93. The Morgan fingerprint density at radius 1 is 1.29 bits per heavy atom. The molecule has 0 spiro atoms. The Hall–Kier alpha value is -3.22. The third kappa shape index (κ3) is 4.39. The van der Waals surface area contributed by atoms with Gasteiger partial charge in [0.2, 0.25) is 0 Å². The number of nitro groups is 1. The lowest BCUT2D eigenvalue weighted by Crippen LogP contribution is -2.22. The molecular formula is C17H16N2O5. The molecule has 0 amide bonds. The predicted molar refractivity (Wildman–Crippen MR) is 89.3 cm³/mol. The van der Waals surface area contributed by atoms with E-state index in [0.717, 1.165) is 5.56 Å². The number of carboxylic acid groups (broad SMARTS) is 1. The zero-order valence-corrected chi connectivity index (χ0v) is 13.2. The molecule has 0 saturated carbocycles. The molecule has 24 heavy (non-hydrogen) atoms. The molecule has 0 fully saturated rings. The number of ether oxygens (including phenoxy) is 1. The highest BCUT2D eigenvalue weighted by molar-refractivity contribution is 5.82. The van der Waals surface area contributed by atoms with E-state index in [4.69, 9.17) is 9.84 Å². The largest absolute Gasteiger partial charge is 0.479 e. The van der Waals surface area contributed by atoms with E-state index in [9.17, 15) is 14.9 Å². The van der Waals surface area contributed by atoms with Crippen LogP contribution in [0.1, 0.15) is 18.1 Å². The van der Waals surface area contributed by atoms with Crippen LogP contribution in [0.3, 0.4) is 0 Å². The molecule has 124 valence electrons. The monoisotopic (exact) mass is 328 g/mol. The van der Waals surface area contributed by atoms with E-state index in [1.54, 1.807) is 43.5 Å². The molecule has 7 heteroatoms. The summed E-state index contributed by atoms with van der Waals surface area (Å²) >= 11 is 0. The Morgan fingerprint density at radius 3 is 2.50 bits per heavy atom. The van der Waals surface area contributed by atoms with Crippen LogP contribution in [0.2, 0.25) is 0 Å². The molecule has 1 atom stereocenters. The first-order valence-electron chi connectivity index (χ1n) is 7.15. The van der Waals surface area contributed by atoms with E-state index in [1.165, 1.54) is 19.1 Å². The zero-order chi connectivity index (χ0) is 17.7. The quantitative estimate of drug-likeness (QED) is 0.496. The summed E-state index contributed by atoms with van der Waals surface area (Å²) in [4.78, 5) is 25.3. The summed E-state index contributed by atoms with van der Waals surface area (Å²) in [7, 11) is 0. The molecule has 0 bridgehead atoms. The molecule has 2 aromatic rings. The average Bonchev–Trinajstić information content (AvgIpc) is 2.54. The first-order chi connectivity index (χ1) is 11.4. The third-order valence-electron chi connectivity index (χ3n) is 3.28. The van der Waals surface area contributed by atoms with Gasteiger partial charge in [-0.25, -0.2) is 4.79 Å². The molecule has 0 unspecified atom stereocenters. The van der Waals surface area contributed by atoms with Crippen LogP contribution in [-0.2, 0) is 4.79 Å². The van der Waals surface area contributed by atoms with Gasteiger partial charge < -0.3 is 9.84 Å². The van der Waals surface area contributed by atoms with E-state index in [0.29, 0.717) is 17.0 Å². The summed E-state index contributed by atoms with van der Waals surface area (Å²) < 4.78 is 5.24. The highest BCUT2D eigenvalue weighted by Crippen LogP contribution is 2.23. The van der Waals surface area contributed by atoms with Gasteiger partial charge in [0.1, 0.15) is 5.75 Å². The summed E-state index contributed by atoms with van der Waals surface area (Å²) in [6.07, 6.45) is 0.700. The minimum atomic E-state index is -1.03. The molecule has 2 rings (SSSR count). The smallest absolute Gasteiger partial charge is 0.344 e. The van der Waals surface area contributed by atoms with Gasteiger partial charge in [-0.05, 0) is 55.3 Å². The fourth-order valence-corrected chi connectivity index (χ4v) is 1.93. The van der Waals surface area contributed by atoms with Crippen molar-refractivity contribution in [2.45, 2.75) is 20.0 Å². The molecular weight excluding hydrogens is 312 g/mol. The topological polar surface area (TPSA) is 102 Å². The number of nitrogens with zero attached hydrogens (tertiary/aromatic N) is 2. The maximum absolute atomic E-state index is 10.7. The number of carbonyl (C=O) groups is 1. The van der Waals surface area contributed by atoms with E-state index < -0.39 is 17.0 Å². The Morgan fingerprint density at radius 2 is 1.96 bits per heavy atom. The first kappa shape index (κ1) is 17.1. The Balaban J connectivity index is 2.09. The first-order valence-corrected chi connectivity index (χ1v) is 7.15. The van der Waals surface area contributed by atoms with Crippen molar-refractivity contribution in [2.24, 2.45) is 4.99 Å². The van der Waals surface area contributed by atoms with Crippen LogP contribution in [0.15, 0.2) is 47.5 Å². The summed E-state index contributed by atoms with van der Waals surface area (Å²) in [5.74, 6) is -0.581. The van der Waals surface area contributed by atoms with Crippen molar-refractivity contribution >= 4 is 23.6 Å². The number of aliphatic imine (C=N–C) groups is 1. The average molecular weight is 328 g/mol. The van der Waals surface area contributed by atoms with Gasteiger partial charge in [-0.2, -0.15) is 0 Å². The molecule has 0 aliphatic carbocycles. The van der Waals surface area contributed by atoms with E-state index in [-0.39, 0.29) is 5.69 Å². The summed E-state index contributed by atoms with van der Waals surface area (Å²) in [5, 5.41) is 19.5. The lowest BCUT2D eigenvalue weighted by atomic mass is 10.2. The molecule has 0 radical (unpaired) electrons. The number of hydrogen-bond acceptors (Lipinski definition) is 5. The standard InChI is InChI=1S/C17H16N2O5/c1-11-9-14(19(22)23)5-8-16(11)18-10-13-3-6-15(7-4-13)24-12(2)17(20)21/h3-10,12H,1-2H3,(H,20,21)/t12-/m0/s1. The molecule has 0 aliphatic rings. The van der Waals surface area contributed by atoms with Gasteiger partial charge >= 0.3 is 5.97 Å². The van der Waals surface area contributed by atoms with Gasteiger partial charge in [0.25, 0.3) is 5.69 Å². The molecule has 2 aromatic carbocycles. The van der Waals surface area contributed by atoms with Crippen molar-refractivity contribution in [2.75, 3.05) is 0 Å². The Labute approximate surface area is 138 Å². The molecule has 0 saturated heterocycles. The second-order valence-corrected chi connectivity index (χ2v) is 5.15. The molecule has 7 nitrogen and oxygen atoms in total. The Kier molecular flexibility index (Phi) is 5.26. The van der Waals surface area contributed by atoms with Crippen LogP contribution >= 0.6 is 0 Å². The fraction of sp³-hybridized carbons (Fsp3) is 0.176. The highest BCUT2D eigenvalue weighted by Gasteiger charge is 2.12. The minimum Gasteiger partial charge on any atom is -0.479 e. The lowest BCUT2D eigenvalue weighted by Gasteiger charge is -2.09. The maximum Gasteiger partial charge on any atom is 0.344 e. The van der Waals surface area contributed by atoms with Crippen LogP contribution in [-0.4, -0.2) is 28.3 Å². The molecule has 1 N–H and O–H groups in total. The van der Waals surface area contributed by atoms with Crippen LogP contribution in [0.5, 0.6) is 5.75 Å². The minimum absolute atomic E-state index is 0.0282. The van der Waals surface area contributed by atoms with Crippen LogP contribution in [0, 0.1) is 17.0 Å². The highest BCUT2D eigenvalue weighted by atomic mass is 16.6. The van der Waals surface area contributed by atoms with Crippen molar-refractivity contribution in [3.05, 3.63) is 63.7 Å². The van der Waals surface area contributed by atoms with Gasteiger partial charge in [-0.3, -0.25) is 15.1 Å². The zero-order valence-electron chi connectivity index (χ0n) is 13.2. The number of carboxylic acids is 1. The van der Waals surface area contributed by atoms with Crippen LogP contribution < -0.4 is 4.74 Å². The number of hydrogen-bond donors (Lipinski definition) is 1. The van der Waals surface area contributed by atoms with E-state index in [1.807, 2.05) is 0 Å². The second kappa shape index (κ2) is 7.36. The number of aliphatic carboxylic acids is 1. The molecule has 0 aromatic heterocycles. The van der Waals surface area contributed by atoms with E-state index in [2.05, 4.69) is 4.99 Å². The number of aryl methyl sites for hydroxylation is 1. The van der Waals surface area contributed by atoms with Crippen molar-refractivity contribution in [1.82, 2.24) is 0 Å².